The first-order chi connectivity index (χ1) is 10.1. The maximum Gasteiger partial charge on any atom is 0.270 e. The van der Waals surface area contributed by atoms with Gasteiger partial charge in [0.15, 0.2) is 0 Å². The summed E-state index contributed by atoms with van der Waals surface area (Å²) in [6, 6.07) is 9.36. The molecule has 0 saturated carbocycles. The van der Waals surface area contributed by atoms with E-state index < -0.39 is 0 Å². The van der Waals surface area contributed by atoms with Crippen molar-refractivity contribution in [3.05, 3.63) is 46.7 Å². The van der Waals surface area contributed by atoms with Gasteiger partial charge in [-0.25, -0.2) is 9.97 Å². The van der Waals surface area contributed by atoms with Crippen molar-refractivity contribution in [3.63, 3.8) is 0 Å². The van der Waals surface area contributed by atoms with Gasteiger partial charge in [0, 0.05) is 22.4 Å². The van der Waals surface area contributed by atoms with Gasteiger partial charge in [-0.2, -0.15) is 0 Å². The zero-order chi connectivity index (χ0) is 15.2. The number of benzene rings is 1. The second-order valence-corrected chi connectivity index (χ2v) is 5.60. The van der Waals surface area contributed by atoms with E-state index in [2.05, 4.69) is 36.5 Å². The van der Waals surface area contributed by atoms with E-state index in [4.69, 9.17) is 0 Å². The number of hydrogen-bond acceptors (Lipinski definition) is 4. The average molecular weight is 349 g/mol. The summed E-state index contributed by atoms with van der Waals surface area (Å²) < 4.78 is 0.996. The molecule has 21 heavy (non-hydrogen) atoms. The minimum absolute atomic E-state index is 0.121. The second kappa shape index (κ2) is 7.17. The average Bonchev–Trinajstić information content (AvgIpc) is 2.49. The Morgan fingerprint density at radius 1 is 1.29 bits per heavy atom. The third-order valence-electron chi connectivity index (χ3n) is 2.98. The van der Waals surface area contributed by atoms with Crippen molar-refractivity contribution in [3.8, 4) is 0 Å². The van der Waals surface area contributed by atoms with Crippen LogP contribution in [-0.4, -0.2) is 21.9 Å². The molecule has 0 aliphatic carbocycles. The van der Waals surface area contributed by atoms with Gasteiger partial charge < -0.3 is 10.6 Å². The lowest BCUT2D eigenvalue weighted by Crippen LogP contribution is -2.32. The highest BCUT2D eigenvalue weighted by Crippen LogP contribution is 2.16. The third kappa shape index (κ3) is 4.53. The first kappa shape index (κ1) is 15.4. The molecule has 0 aliphatic heterocycles. The van der Waals surface area contributed by atoms with Crippen LogP contribution in [0.4, 0.5) is 11.6 Å². The van der Waals surface area contributed by atoms with Crippen molar-refractivity contribution in [1.82, 2.24) is 15.3 Å². The fourth-order valence-corrected chi connectivity index (χ4v) is 1.87. The molecule has 1 unspecified atom stereocenters. The van der Waals surface area contributed by atoms with Gasteiger partial charge in [0.05, 0.1) is 0 Å². The maximum atomic E-state index is 12.0. The molecule has 0 saturated heterocycles. The molecule has 0 bridgehead atoms. The molecule has 5 nitrogen and oxygen atoms in total. The first-order valence-electron chi connectivity index (χ1n) is 6.75. The van der Waals surface area contributed by atoms with Gasteiger partial charge in [-0.3, -0.25) is 4.79 Å². The zero-order valence-corrected chi connectivity index (χ0v) is 13.5. The highest BCUT2D eigenvalue weighted by Gasteiger charge is 2.11. The van der Waals surface area contributed by atoms with E-state index in [1.165, 1.54) is 0 Å². The van der Waals surface area contributed by atoms with Crippen LogP contribution >= 0.6 is 15.9 Å². The Balaban J connectivity index is 2.10. The number of carbonyl (C=O) groups is 1. The minimum atomic E-state index is -0.189. The fourth-order valence-electron chi connectivity index (χ4n) is 1.61. The Kier molecular flexibility index (Phi) is 5.27. The predicted octanol–water partition coefficient (Wildman–Crippen LogP) is 3.51. The van der Waals surface area contributed by atoms with Crippen LogP contribution in [0.1, 0.15) is 30.8 Å². The highest BCUT2D eigenvalue weighted by molar-refractivity contribution is 9.10. The van der Waals surface area contributed by atoms with Crippen molar-refractivity contribution < 1.29 is 4.79 Å². The van der Waals surface area contributed by atoms with Crippen molar-refractivity contribution in [2.75, 3.05) is 5.32 Å². The summed E-state index contributed by atoms with van der Waals surface area (Å²) in [6.07, 6.45) is 2.44. The van der Waals surface area contributed by atoms with E-state index in [1.54, 1.807) is 12.3 Å². The molecule has 0 spiro atoms. The Morgan fingerprint density at radius 3 is 2.67 bits per heavy atom. The largest absolute Gasteiger partial charge is 0.348 e. The Bertz CT molecular complexity index is 615. The number of hydrogen-bond donors (Lipinski definition) is 2. The molecule has 1 atom stereocenters. The topological polar surface area (TPSA) is 66.9 Å². The van der Waals surface area contributed by atoms with Crippen LogP contribution in [0.2, 0.25) is 0 Å². The van der Waals surface area contributed by atoms with E-state index in [0.29, 0.717) is 11.6 Å². The minimum Gasteiger partial charge on any atom is -0.348 e. The Morgan fingerprint density at radius 2 is 2.00 bits per heavy atom. The number of amides is 1. The molecular formula is C15H17BrN4O. The molecule has 1 aromatic carbocycles. The predicted molar refractivity (Wildman–Crippen MR) is 86.7 cm³/mol. The number of anilines is 2. The van der Waals surface area contributed by atoms with Gasteiger partial charge in [0.2, 0.25) is 5.95 Å². The van der Waals surface area contributed by atoms with Crippen LogP contribution in [0.25, 0.3) is 0 Å². The van der Waals surface area contributed by atoms with Crippen molar-refractivity contribution >= 4 is 33.5 Å². The number of aromatic nitrogens is 2. The number of nitrogens with zero attached hydrogens (tertiary/aromatic N) is 2. The molecule has 6 heteroatoms. The molecule has 2 rings (SSSR count). The van der Waals surface area contributed by atoms with E-state index in [0.717, 1.165) is 16.6 Å². The van der Waals surface area contributed by atoms with Gasteiger partial charge in [-0.05, 0) is 43.7 Å². The van der Waals surface area contributed by atoms with E-state index >= 15 is 0 Å². The van der Waals surface area contributed by atoms with Crippen molar-refractivity contribution in [2.24, 2.45) is 0 Å². The maximum absolute atomic E-state index is 12.0. The van der Waals surface area contributed by atoms with Crippen LogP contribution < -0.4 is 10.6 Å². The quantitative estimate of drug-likeness (QED) is 0.867. The molecule has 0 fully saturated rings. The summed E-state index contributed by atoms with van der Waals surface area (Å²) in [5.74, 6) is 0.208. The standard InChI is InChI=1S/C15H17BrN4O/c1-3-10(2)18-14(21)13-8-9-17-15(20-13)19-12-6-4-11(16)5-7-12/h4-10H,3H2,1-2H3,(H,18,21)(H,17,19,20). The fraction of sp³-hybridized carbons (Fsp3) is 0.267. The summed E-state index contributed by atoms with van der Waals surface area (Å²) in [6.45, 7) is 3.98. The van der Waals surface area contributed by atoms with Crippen molar-refractivity contribution in [2.45, 2.75) is 26.3 Å². The van der Waals surface area contributed by atoms with Gasteiger partial charge in [-0.1, -0.05) is 22.9 Å². The zero-order valence-electron chi connectivity index (χ0n) is 11.9. The van der Waals surface area contributed by atoms with Crippen LogP contribution in [0, 0.1) is 0 Å². The first-order valence-corrected chi connectivity index (χ1v) is 7.54. The van der Waals surface area contributed by atoms with E-state index in [9.17, 15) is 4.79 Å². The molecule has 1 amide bonds. The van der Waals surface area contributed by atoms with Gasteiger partial charge in [0.1, 0.15) is 5.69 Å². The van der Waals surface area contributed by atoms with E-state index in [1.807, 2.05) is 38.1 Å². The Labute approximate surface area is 132 Å². The monoisotopic (exact) mass is 348 g/mol. The molecule has 1 heterocycles. The SMILES string of the molecule is CCC(C)NC(=O)c1ccnc(Nc2ccc(Br)cc2)n1. The molecule has 0 radical (unpaired) electrons. The number of halogens is 1. The van der Waals surface area contributed by atoms with Crippen LogP contribution in [0.15, 0.2) is 41.0 Å². The lowest BCUT2D eigenvalue weighted by Gasteiger charge is -2.11. The lowest BCUT2D eigenvalue weighted by molar-refractivity contribution is 0.0934. The number of nitrogens with one attached hydrogen (secondary N) is 2. The van der Waals surface area contributed by atoms with Gasteiger partial charge in [-0.15, -0.1) is 0 Å². The number of carbonyl (C=O) groups excluding carboxylic acids is 1. The molecule has 0 aliphatic rings. The third-order valence-corrected chi connectivity index (χ3v) is 3.51. The molecule has 110 valence electrons. The lowest BCUT2D eigenvalue weighted by atomic mass is 10.2. The van der Waals surface area contributed by atoms with Crippen LogP contribution in [-0.2, 0) is 0 Å². The summed E-state index contributed by atoms with van der Waals surface area (Å²) in [5.41, 5.74) is 1.21. The summed E-state index contributed by atoms with van der Waals surface area (Å²) in [7, 11) is 0. The smallest absolute Gasteiger partial charge is 0.270 e. The summed E-state index contributed by atoms with van der Waals surface area (Å²) in [4.78, 5) is 20.4. The van der Waals surface area contributed by atoms with Crippen molar-refractivity contribution in [1.29, 1.82) is 0 Å². The van der Waals surface area contributed by atoms with Crippen LogP contribution in [0.3, 0.4) is 0 Å². The van der Waals surface area contributed by atoms with Crippen LogP contribution in [0.5, 0.6) is 0 Å². The molecule has 2 aromatic rings. The molecular weight excluding hydrogens is 332 g/mol. The molecule has 2 N–H and O–H groups in total. The number of rotatable bonds is 5. The highest BCUT2D eigenvalue weighted by atomic mass is 79.9. The van der Waals surface area contributed by atoms with Gasteiger partial charge >= 0.3 is 0 Å². The normalized spacial score (nSPS) is 11.8. The Hall–Kier alpha value is -1.95. The molecule has 1 aromatic heterocycles. The summed E-state index contributed by atoms with van der Waals surface area (Å²) >= 11 is 3.38. The van der Waals surface area contributed by atoms with E-state index in [-0.39, 0.29) is 11.9 Å². The summed E-state index contributed by atoms with van der Waals surface area (Å²) in [5, 5.41) is 5.95. The second-order valence-electron chi connectivity index (χ2n) is 4.68. The van der Waals surface area contributed by atoms with Gasteiger partial charge in [0.25, 0.3) is 5.91 Å².